The summed E-state index contributed by atoms with van der Waals surface area (Å²) in [6.45, 7) is 2.43. The Labute approximate surface area is 110 Å². The van der Waals surface area contributed by atoms with Crippen LogP contribution in [0.3, 0.4) is 0 Å². The van der Waals surface area contributed by atoms with Crippen molar-refractivity contribution in [2.45, 2.75) is 13.0 Å². The fraction of sp³-hybridized carbons (Fsp3) is 0.417. The van der Waals surface area contributed by atoms with Crippen LogP contribution in [-0.4, -0.2) is 25.7 Å². The highest BCUT2D eigenvalue weighted by atomic mass is 19.1. The molecule has 0 heterocycles. The first kappa shape index (κ1) is 14.9. The first-order valence-corrected chi connectivity index (χ1v) is 5.85. The number of nitrogens with one attached hydrogen (secondary N) is 1. The topological polar surface area (TPSA) is 87.1 Å². The van der Waals surface area contributed by atoms with E-state index in [1.807, 2.05) is 0 Å². The lowest BCUT2D eigenvalue weighted by atomic mass is 10.1. The summed E-state index contributed by atoms with van der Waals surface area (Å²) in [6.07, 6.45) is 0. The molecule has 19 heavy (non-hydrogen) atoms. The van der Waals surface area contributed by atoms with Gasteiger partial charge in [-0.2, -0.15) is 0 Å². The standard InChI is InChI=1S/C12H15FN4O2/c1-2-19-12(18)11(15-6-7-16-17-14)9-4-3-5-10(13)8-9/h3-5,8,11,15H,2,6-7H2,1H3. The number of ether oxygens (including phenoxy) is 1. The monoisotopic (exact) mass is 266 g/mol. The van der Waals surface area contributed by atoms with E-state index in [1.54, 1.807) is 13.0 Å². The predicted molar refractivity (Wildman–Crippen MR) is 67.8 cm³/mol. The number of hydrogen-bond acceptors (Lipinski definition) is 4. The maximum atomic E-state index is 13.2. The third-order valence-electron chi connectivity index (χ3n) is 2.33. The minimum atomic E-state index is -0.774. The molecule has 0 fully saturated rings. The maximum absolute atomic E-state index is 13.2. The van der Waals surface area contributed by atoms with E-state index in [-0.39, 0.29) is 13.2 Å². The zero-order valence-corrected chi connectivity index (χ0v) is 10.5. The van der Waals surface area contributed by atoms with E-state index in [4.69, 9.17) is 10.3 Å². The maximum Gasteiger partial charge on any atom is 0.327 e. The summed E-state index contributed by atoms with van der Waals surface area (Å²) in [6, 6.07) is 4.94. The number of carbonyl (C=O) groups is 1. The van der Waals surface area contributed by atoms with Gasteiger partial charge in [0.1, 0.15) is 11.9 Å². The molecule has 0 aliphatic carbocycles. The smallest absolute Gasteiger partial charge is 0.327 e. The second kappa shape index (κ2) is 8.07. The van der Waals surface area contributed by atoms with Gasteiger partial charge in [0.15, 0.2) is 0 Å². The van der Waals surface area contributed by atoms with Gasteiger partial charge in [-0.3, -0.25) is 0 Å². The molecule has 0 saturated heterocycles. The molecule has 1 atom stereocenters. The van der Waals surface area contributed by atoms with Crippen molar-refractivity contribution in [2.75, 3.05) is 19.7 Å². The summed E-state index contributed by atoms with van der Waals surface area (Å²) in [5, 5.41) is 6.23. The largest absolute Gasteiger partial charge is 0.465 e. The molecule has 0 aliphatic heterocycles. The van der Waals surface area contributed by atoms with Crippen LogP contribution < -0.4 is 5.32 Å². The fourth-order valence-electron chi connectivity index (χ4n) is 1.55. The summed E-state index contributed by atoms with van der Waals surface area (Å²) in [4.78, 5) is 14.4. The van der Waals surface area contributed by atoms with Gasteiger partial charge in [-0.15, -0.1) is 0 Å². The van der Waals surface area contributed by atoms with Crippen LogP contribution in [0.1, 0.15) is 18.5 Å². The number of carbonyl (C=O) groups excluding carboxylic acids is 1. The molecule has 1 N–H and O–H groups in total. The van der Waals surface area contributed by atoms with Crippen molar-refractivity contribution >= 4 is 5.97 Å². The Kier molecular flexibility index (Phi) is 6.35. The molecular formula is C12H15FN4O2. The summed E-state index contributed by atoms with van der Waals surface area (Å²) >= 11 is 0. The number of benzene rings is 1. The van der Waals surface area contributed by atoms with Crippen LogP contribution in [0.5, 0.6) is 0 Å². The van der Waals surface area contributed by atoms with Gasteiger partial charge >= 0.3 is 5.97 Å². The van der Waals surface area contributed by atoms with Crippen LogP contribution in [0.15, 0.2) is 29.4 Å². The van der Waals surface area contributed by atoms with Crippen LogP contribution >= 0.6 is 0 Å². The molecule has 0 saturated carbocycles. The number of nitrogens with zero attached hydrogens (tertiary/aromatic N) is 3. The molecule has 0 bridgehead atoms. The van der Waals surface area contributed by atoms with Gasteiger partial charge in [-0.25, -0.2) is 9.18 Å². The number of hydrogen-bond donors (Lipinski definition) is 1. The Morgan fingerprint density at radius 3 is 3.05 bits per heavy atom. The van der Waals surface area contributed by atoms with E-state index in [1.165, 1.54) is 18.2 Å². The van der Waals surface area contributed by atoms with Gasteiger partial charge in [-0.05, 0) is 30.2 Å². The highest BCUT2D eigenvalue weighted by Crippen LogP contribution is 2.15. The van der Waals surface area contributed by atoms with Gasteiger partial charge < -0.3 is 10.1 Å². The van der Waals surface area contributed by atoms with Crippen LogP contribution in [0.25, 0.3) is 10.4 Å². The van der Waals surface area contributed by atoms with Crippen LogP contribution in [0.4, 0.5) is 4.39 Å². The minimum absolute atomic E-state index is 0.196. The molecule has 102 valence electrons. The van der Waals surface area contributed by atoms with E-state index in [0.29, 0.717) is 12.1 Å². The number of rotatable bonds is 7. The van der Waals surface area contributed by atoms with Crippen molar-refractivity contribution < 1.29 is 13.9 Å². The molecule has 7 heteroatoms. The first-order chi connectivity index (χ1) is 9.19. The summed E-state index contributed by atoms with van der Waals surface area (Å²) < 4.78 is 18.1. The molecule has 0 spiro atoms. The lowest BCUT2D eigenvalue weighted by Gasteiger charge is -2.17. The summed E-state index contributed by atoms with van der Waals surface area (Å²) in [5.74, 6) is -0.919. The average Bonchev–Trinajstić information content (AvgIpc) is 2.39. The van der Waals surface area contributed by atoms with E-state index in [2.05, 4.69) is 15.3 Å². The molecule has 1 unspecified atom stereocenters. The fourth-order valence-corrected chi connectivity index (χ4v) is 1.55. The van der Waals surface area contributed by atoms with Gasteiger partial charge in [0.2, 0.25) is 0 Å². The van der Waals surface area contributed by atoms with Crippen LogP contribution in [-0.2, 0) is 9.53 Å². The molecule has 0 radical (unpaired) electrons. The molecule has 0 amide bonds. The Balaban J connectivity index is 2.79. The quantitative estimate of drug-likeness (QED) is 0.270. The molecular weight excluding hydrogens is 251 g/mol. The lowest BCUT2D eigenvalue weighted by Crippen LogP contribution is -2.32. The van der Waals surface area contributed by atoms with E-state index in [0.717, 1.165) is 0 Å². The highest BCUT2D eigenvalue weighted by Gasteiger charge is 2.21. The van der Waals surface area contributed by atoms with Gasteiger partial charge in [-0.1, -0.05) is 17.2 Å². The Morgan fingerprint density at radius 1 is 1.63 bits per heavy atom. The zero-order valence-electron chi connectivity index (χ0n) is 10.5. The summed E-state index contributed by atoms with van der Waals surface area (Å²) in [7, 11) is 0. The van der Waals surface area contributed by atoms with E-state index >= 15 is 0 Å². The Hall–Kier alpha value is -2.11. The molecule has 0 aliphatic rings. The number of halogens is 1. The van der Waals surface area contributed by atoms with Gasteiger partial charge in [0, 0.05) is 18.0 Å². The molecule has 0 aromatic heterocycles. The minimum Gasteiger partial charge on any atom is -0.465 e. The van der Waals surface area contributed by atoms with Crippen molar-refractivity contribution in [3.8, 4) is 0 Å². The first-order valence-electron chi connectivity index (χ1n) is 5.85. The van der Waals surface area contributed by atoms with E-state index < -0.39 is 17.8 Å². The zero-order chi connectivity index (χ0) is 14.1. The molecule has 1 aromatic rings. The highest BCUT2D eigenvalue weighted by molar-refractivity contribution is 5.77. The Bertz CT molecular complexity index is 475. The second-order valence-corrected chi connectivity index (χ2v) is 3.65. The molecule has 6 nitrogen and oxygen atoms in total. The van der Waals surface area contributed by atoms with Crippen molar-refractivity contribution in [3.05, 3.63) is 46.1 Å². The normalized spacial score (nSPS) is 11.5. The van der Waals surface area contributed by atoms with E-state index in [9.17, 15) is 9.18 Å². The summed E-state index contributed by atoms with van der Waals surface area (Å²) in [5.41, 5.74) is 8.64. The van der Waals surface area contributed by atoms with Crippen molar-refractivity contribution in [3.63, 3.8) is 0 Å². The second-order valence-electron chi connectivity index (χ2n) is 3.65. The SMILES string of the molecule is CCOC(=O)C(NCCN=[N+]=[N-])c1cccc(F)c1. The van der Waals surface area contributed by atoms with Crippen LogP contribution in [0, 0.1) is 5.82 Å². The van der Waals surface area contributed by atoms with Crippen molar-refractivity contribution in [1.82, 2.24) is 5.32 Å². The number of azide groups is 1. The Morgan fingerprint density at radius 2 is 2.42 bits per heavy atom. The van der Waals surface area contributed by atoms with Gasteiger partial charge in [0.05, 0.1) is 6.61 Å². The third kappa shape index (κ3) is 4.95. The van der Waals surface area contributed by atoms with Crippen molar-refractivity contribution in [2.24, 2.45) is 5.11 Å². The average molecular weight is 266 g/mol. The predicted octanol–water partition coefficient (Wildman–Crippen LogP) is 2.33. The lowest BCUT2D eigenvalue weighted by molar-refractivity contribution is -0.145. The van der Waals surface area contributed by atoms with Crippen LogP contribution in [0.2, 0.25) is 0 Å². The molecule has 1 aromatic carbocycles. The molecule has 1 rings (SSSR count). The third-order valence-corrected chi connectivity index (χ3v) is 2.33. The number of esters is 1. The van der Waals surface area contributed by atoms with Gasteiger partial charge in [0.25, 0.3) is 0 Å². The van der Waals surface area contributed by atoms with Crippen molar-refractivity contribution in [1.29, 1.82) is 0 Å².